The molecule has 19 heavy (non-hydrogen) atoms. The lowest BCUT2D eigenvalue weighted by atomic mass is 9.89. The van der Waals surface area contributed by atoms with E-state index in [4.69, 9.17) is 0 Å². The number of unbranched alkanes of at least 4 members (excludes halogenated alkanes) is 1. The molecule has 0 aromatic heterocycles. The van der Waals surface area contributed by atoms with Crippen molar-refractivity contribution < 1.29 is 4.39 Å². The predicted molar refractivity (Wildman–Crippen MR) is 83.8 cm³/mol. The van der Waals surface area contributed by atoms with Crippen LogP contribution in [0.5, 0.6) is 0 Å². The second-order valence-corrected chi connectivity index (χ2v) is 6.07. The number of hydrogen-bond acceptors (Lipinski definition) is 1. The largest absolute Gasteiger partial charge is 0.313 e. The molecule has 0 aliphatic heterocycles. The van der Waals surface area contributed by atoms with Gasteiger partial charge in [-0.25, -0.2) is 4.39 Å². The van der Waals surface area contributed by atoms with Crippen molar-refractivity contribution in [1.29, 1.82) is 0 Å². The molecule has 1 N–H and O–H groups in total. The molecule has 0 heterocycles. The minimum atomic E-state index is -0.126. The first-order valence-corrected chi connectivity index (χ1v) is 8.03. The minimum Gasteiger partial charge on any atom is -0.313 e. The minimum absolute atomic E-state index is 0.106. The molecular formula is C16H25BrFN. The number of halogens is 2. The molecule has 1 aromatic carbocycles. The Kier molecular flexibility index (Phi) is 7.62. The molecule has 1 rings (SSSR count). The molecule has 1 nitrogen and oxygen atoms in total. The van der Waals surface area contributed by atoms with Gasteiger partial charge in [0.15, 0.2) is 0 Å². The third-order valence-corrected chi connectivity index (χ3v) is 4.29. The third-order valence-electron chi connectivity index (χ3n) is 3.80. The summed E-state index contributed by atoms with van der Waals surface area (Å²) >= 11 is 3.31. The van der Waals surface area contributed by atoms with Gasteiger partial charge >= 0.3 is 0 Å². The summed E-state index contributed by atoms with van der Waals surface area (Å²) in [5, 5.41) is 3.26. The number of rotatable bonds is 8. The molecule has 2 atom stereocenters. The fraction of sp³-hybridized carbons (Fsp3) is 0.625. The van der Waals surface area contributed by atoms with Gasteiger partial charge in [-0.2, -0.15) is 0 Å². The van der Waals surface area contributed by atoms with Crippen LogP contribution in [-0.4, -0.2) is 7.05 Å². The zero-order valence-corrected chi connectivity index (χ0v) is 13.8. The van der Waals surface area contributed by atoms with Gasteiger partial charge in [-0.05, 0) is 31.5 Å². The van der Waals surface area contributed by atoms with Crippen molar-refractivity contribution in [1.82, 2.24) is 5.32 Å². The highest BCUT2D eigenvalue weighted by atomic mass is 79.9. The lowest BCUT2D eigenvalue weighted by molar-refractivity contribution is 0.359. The van der Waals surface area contributed by atoms with Gasteiger partial charge in [-0.15, -0.1) is 0 Å². The highest BCUT2D eigenvalue weighted by Crippen LogP contribution is 2.29. The topological polar surface area (TPSA) is 12.0 Å². The van der Waals surface area contributed by atoms with Crippen LogP contribution in [0.25, 0.3) is 0 Å². The molecule has 0 fully saturated rings. The van der Waals surface area contributed by atoms with Crippen molar-refractivity contribution in [3.05, 3.63) is 34.1 Å². The van der Waals surface area contributed by atoms with E-state index in [0.29, 0.717) is 5.92 Å². The SMILES string of the molecule is CCCCC(CC)CC(NC)c1ccc(Br)cc1F. The zero-order valence-electron chi connectivity index (χ0n) is 12.2. The van der Waals surface area contributed by atoms with Gasteiger partial charge in [-0.1, -0.05) is 61.5 Å². The Morgan fingerprint density at radius 3 is 2.58 bits per heavy atom. The first kappa shape index (κ1) is 16.6. The summed E-state index contributed by atoms with van der Waals surface area (Å²) in [6.07, 6.45) is 5.90. The predicted octanol–water partition coefficient (Wildman–Crippen LogP) is 5.46. The van der Waals surface area contributed by atoms with Gasteiger partial charge in [0.25, 0.3) is 0 Å². The lowest BCUT2D eigenvalue weighted by Gasteiger charge is -2.23. The van der Waals surface area contributed by atoms with Crippen molar-refractivity contribution in [2.24, 2.45) is 5.92 Å². The fourth-order valence-electron chi connectivity index (χ4n) is 2.50. The van der Waals surface area contributed by atoms with E-state index < -0.39 is 0 Å². The van der Waals surface area contributed by atoms with Crippen molar-refractivity contribution in [2.75, 3.05) is 7.05 Å². The Labute approximate surface area is 125 Å². The summed E-state index contributed by atoms with van der Waals surface area (Å²) in [5.74, 6) is 0.541. The molecule has 0 saturated carbocycles. The van der Waals surface area contributed by atoms with Crippen molar-refractivity contribution in [2.45, 2.75) is 52.0 Å². The first-order chi connectivity index (χ1) is 9.12. The molecule has 0 aliphatic carbocycles. The molecule has 0 amide bonds. The molecule has 3 heteroatoms. The van der Waals surface area contributed by atoms with E-state index in [0.717, 1.165) is 22.9 Å². The van der Waals surface area contributed by atoms with Gasteiger partial charge in [0.1, 0.15) is 5.82 Å². The molecule has 0 bridgehead atoms. The molecule has 2 unspecified atom stereocenters. The van der Waals surface area contributed by atoms with Crippen molar-refractivity contribution >= 4 is 15.9 Å². The molecular weight excluding hydrogens is 305 g/mol. The zero-order chi connectivity index (χ0) is 14.3. The monoisotopic (exact) mass is 329 g/mol. The highest BCUT2D eigenvalue weighted by Gasteiger charge is 2.18. The molecule has 0 spiro atoms. The Hall–Kier alpha value is -0.410. The second-order valence-electron chi connectivity index (χ2n) is 5.16. The first-order valence-electron chi connectivity index (χ1n) is 7.24. The number of nitrogens with one attached hydrogen (secondary N) is 1. The smallest absolute Gasteiger partial charge is 0.129 e. The van der Waals surface area contributed by atoms with Crippen LogP contribution in [-0.2, 0) is 0 Å². The molecule has 1 aromatic rings. The van der Waals surface area contributed by atoms with E-state index in [1.54, 1.807) is 6.07 Å². The summed E-state index contributed by atoms with van der Waals surface area (Å²) in [6, 6.07) is 5.45. The maximum Gasteiger partial charge on any atom is 0.129 e. The average Bonchev–Trinajstić information content (AvgIpc) is 2.40. The van der Waals surface area contributed by atoms with E-state index in [-0.39, 0.29) is 11.9 Å². The summed E-state index contributed by atoms with van der Waals surface area (Å²) < 4.78 is 14.8. The fourth-order valence-corrected chi connectivity index (χ4v) is 2.83. The van der Waals surface area contributed by atoms with Crippen molar-refractivity contribution in [3.8, 4) is 0 Å². The maximum atomic E-state index is 14.0. The van der Waals surface area contributed by atoms with Gasteiger partial charge in [0, 0.05) is 16.1 Å². The van der Waals surface area contributed by atoms with Crippen LogP contribution in [0.15, 0.2) is 22.7 Å². The van der Waals surface area contributed by atoms with Crippen LogP contribution < -0.4 is 5.32 Å². The lowest BCUT2D eigenvalue weighted by Crippen LogP contribution is -2.21. The van der Waals surface area contributed by atoms with Gasteiger partial charge in [0.2, 0.25) is 0 Å². The van der Waals surface area contributed by atoms with Crippen LogP contribution in [0.4, 0.5) is 4.39 Å². The van der Waals surface area contributed by atoms with Crippen molar-refractivity contribution in [3.63, 3.8) is 0 Å². The van der Waals surface area contributed by atoms with E-state index in [1.165, 1.54) is 19.3 Å². The Bertz CT molecular complexity index is 381. The van der Waals surface area contributed by atoms with E-state index in [2.05, 4.69) is 35.1 Å². The average molecular weight is 330 g/mol. The molecule has 0 saturated heterocycles. The summed E-state index contributed by atoms with van der Waals surface area (Å²) in [6.45, 7) is 4.45. The van der Waals surface area contributed by atoms with Gasteiger partial charge in [-0.3, -0.25) is 0 Å². The van der Waals surface area contributed by atoms with Gasteiger partial charge < -0.3 is 5.32 Å². The van der Waals surface area contributed by atoms with E-state index in [9.17, 15) is 4.39 Å². The Morgan fingerprint density at radius 2 is 2.05 bits per heavy atom. The van der Waals surface area contributed by atoms with Crippen LogP contribution >= 0.6 is 15.9 Å². The third kappa shape index (κ3) is 5.23. The summed E-state index contributed by atoms with van der Waals surface area (Å²) in [5.41, 5.74) is 0.778. The molecule has 108 valence electrons. The van der Waals surface area contributed by atoms with Crippen LogP contribution in [0.1, 0.15) is 57.6 Å². The summed E-state index contributed by atoms with van der Waals surface area (Å²) in [4.78, 5) is 0. The normalized spacial score (nSPS) is 14.4. The van der Waals surface area contributed by atoms with Gasteiger partial charge in [0.05, 0.1) is 0 Å². The number of hydrogen-bond donors (Lipinski definition) is 1. The number of benzene rings is 1. The van der Waals surface area contributed by atoms with Crippen LogP contribution in [0, 0.1) is 11.7 Å². The Balaban J connectivity index is 2.76. The molecule has 0 aliphatic rings. The van der Waals surface area contributed by atoms with E-state index >= 15 is 0 Å². The maximum absolute atomic E-state index is 14.0. The molecule has 0 radical (unpaired) electrons. The highest BCUT2D eigenvalue weighted by molar-refractivity contribution is 9.10. The van der Waals surface area contributed by atoms with Crippen LogP contribution in [0.3, 0.4) is 0 Å². The summed E-state index contributed by atoms with van der Waals surface area (Å²) in [7, 11) is 1.92. The quantitative estimate of drug-likeness (QED) is 0.668. The van der Waals surface area contributed by atoms with E-state index in [1.807, 2.05) is 19.2 Å². The Morgan fingerprint density at radius 1 is 1.32 bits per heavy atom. The standard InChI is InChI=1S/C16H25BrFN/c1-4-6-7-12(5-2)10-16(19-3)14-9-8-13(17)11-15(14)18/h8-9,11-12,16,19H,4-7,10H2,1-3H3. The second kappa shape index (κ2) is 8.70. The van der Waals surface area contributed by atoms with Crippen LogP contribution in [0.2, 0.25) is 0 Å².